The van der Waals surface area contributed by atoms with Gasteiger partial charge in [0.05, 0.1) is 10.6 Å². The van der Waals surface area contributed by atoms with E-state index in [-0.39, 0.29) is 0 Å². The molecule has 0 saturated carbocycles. The van der Waals surface area contributed by atoms with Gasteiger partial charge in [0.1, 0.15) is 5.03 Å². The minimum absolute atomic E-state index is 0.357. The molecule has 0 spiro atoms. The van der Waals surface area contributed by atoms with Crippen LogP contribution in [-0.2, 0) is 0 Å². The Labute approximate surface area is 102 Å². The molecule has 16 heavy (non-hydrogen) atoms. The number of aldehydes is 1. The molecule has 0 saturated heterocycles. The highest BCUT2D eigenvalue weighted by Crippen LogP contribution is 2.30. The summed E-state index contributed by atoms with van der Waals surface area (Å²) in [4.78, 5) is 19.7. The second-order valence-corrected chi connectivity index (χ2v) is 4.39. The van der Waals surface area contributed by atoms with Gasteiger partial charge in [0.25, 0.3) is 0 Å². The first-order chi connectivity index (χ1) is 7.81. The highest BCUT2D eigenvalue weighted by Gasteiger charge is 2.08. The van der Waals surface area contributed by atoms with Crippen molar-refractivity contribution in [2.45, 2.75) is 9.92 Å². The summed E-state index contributed by atoms with van der Waals surface area (Å²) in [5.41, 5.74) is 0.451. The smallest absolute Gasteiger partial charge is 0.152 e. The highest BCUT2D eigenvalue weighted by molar-refractivity contribution is 7.99. The molecule has 2 rings (SSSR count). The first-order valence-electron chi connectivity index (χ1n) is 4.49. The molecule has 5 heteroatoms. The number of nitrogens with zero attached hydrogens (tertiary/aromatic N) is 2. The molecule has 0 aliphatic rings. The van der Waals surface area contributed by atoms with Crippen molar-refractivity contribution in [1.29, 1.82) is 0 Å². The molecule has 2 aromatic rings. The molecule has 0 aliphatic carbocycles. The van der Waals surface area contributed by atoms with Crippen LogP contribution in [0.4, 0.5) is 0 Å². The molecule has 80 valence electrons. The van der Waals surface area contributed by atoms with E-state index in [1.165, 1.54) is 18.0 Å². The Bertz CT molecular complexity index is 505. The monoisotopic (exact) mass is 250 g/mol. The third kappa shape index (κ3) is 2.40. The number of hydrogen-bond donors (Lipinski definition) is 0. The predicted molar refractivity (Wildman–Crippen MR) is 63.0 cm³/mol. The van der Waals surface area contributed by atoms with Gasteiger partial charge in [-0.2, -0.15) is 0 Å². The van der Waals surface area contributed by atoms with Crippen molar-refractivity contribution in [3.8, 4) is 0 Å². The summed E-state index contributed by atoms with van der Waals surface area (Å²) in [6, 6.07) is 5.58. The largest absolute Gasteiger partial charge is 0.298 e. The van der Waals surface area contributed by atoms with Gasteiger partial charge in [0, 0.05) is 23.5 Å². The fraction of sp³-hybridized carbons (Fsp3) is 0. The first kappa shape index (κ1) is 11.1. The summed E-state index contributed by atoms with van der Waals surface area (Å²) in [6.07, 6.45) is 5.49. The maximum Gasteiger partial charge on any atom is 0.152 e. The number of hydrogen-bond acceptors (Lipinski definition) is 4. The Balaban J connectivity index is 2.35. The molecule has 0 fully saturated rings. The third-order valence-electron chi connectivity index (χ3n) is 1.87. The van der Waals surface area contributed by atoms with Gasteiger partial charge in [-0.3, -0.25) is 9.78 Å². The number of carbonyl (C=O) groups excluding carboxylic acids is 1. The summed E-state index contributed by atoms with van der Waals surface area (Å²) < 4.78 is 0. The van der Waals surface area contributed by atoms with Gasteiger partial charge >= 0.3 is 0 Å². The molecular formula is C11H7ClN2OS. The lowest BCUT2D eigenvalue weighted by Gasteiger charge is -2.04. The van der Waals surface area contributed by atoms with Crippen molar-refractivity contribution in [1.82, 2.24) is 9.97 Å². The number of rotatable bonds is 3. The number of aromatic nitrogens is 2. The maximum atomic E-state index is 10.9. The normalized spacial score (nSPS) is 10.1. The second-order valence-electron chi connectivity index (χ2n) is 2.92. The van der Waals surface area contributed by atoms with Crippen LogP contribution in [0.3, 0.4) is 0 Å². The standard InChI is InChI=1S/C11H7ClN2OS/c12-9-5-13-6-10(8(9)7-15)16-11-3-1-2-4-14-11/h1-7H. The summed E-state index contributed by atoms with van der Waals surface area (Å²) in [7, 11) is 0. The third-order valence-corrected chi connectivity index (χ3v) is 3.17. The summed E-state index contributed by atoms with van der Waals surface area (Å²) in [5, 5.41) is 1.16. The lowest BCUT2D eigenvalue weighted by atomic mass is 10.3. The zero-order valence-corrected chi connectivity index (χ0v) is 9.70. The SMILES string of the molecule is O=Cc1c(Cl)cncc1Sc1ccccn1. The predicted octanol–water partition coefficient (Wildman–Crippen LogP) is 3.09. The maximum absolute atomic E-state index is 10.9. The lowest BCUT2D eigenvalue weighted by Crippen LogP contribution is -1.89. The minimum Gasteiger partial charge on any atom is -0.298 e. The van der Waals surface area contributed by atoms with Crippen molar-refractivity contribution in [3.63, 3.8) is 0 Å². The lowest BCUT2D eigenvalue weighted by molar-refractivity contribution is 0.112. The van der Waals surface area contributed by atoms with E-state index in [1.807, 2.05) is 18.2 Å². The molecule has 0 N–H and O–H groups in total. The topological polar surface area (TPSA) is 42.9 Å². The van der Waals surface area contributed by atoms with Crippen LogP contribution >= 0.6 is 23.4 Å². The molecule has 0 amide bonds. The van der Waals surface area contributed by atoms with Gasteiger partial charge in [-0.25, -0.2) is 4.98 Å². The molecule has 0 aliphatic heterocycles. The molecule has 0 radical (unpaired) electrons. The minimum atomic E-state index is 0.357. The molecule has 2 aromatic heterocycles. The zero-order valence-electron chi connectivity index (χ0n) is 8.13. The van der Waals surface area contributed by atoms with Crippen molar-refractivity contribution < 1.29 is 4.79 Å². The van der Waals surface area contributed by atoms with E-state index in [2.05, 4.69) is 9.97 Å². The van der Waals surface area contributed by atoms with Crippen LogP contribution in [0.2, 0.25) is 5.02 Å². The first-order valence-corrected chi connectivity index (χ1v) is 5.68. The van der Waals surface area contributed by atoms with Crippen LogP contribution in [0.1, 0.15) is 10.4 Å². The molecular weight excluding hydrogens is 244 g/mol. The van der Waals surface area contributed by atoms with Crippen molar-refractivity contribution in [3.05, 3.63) is 47.4 Å². The van der Waals surface area contributed by atoms with Crippen molar-refractivity contribution in [2.75, 3.05) is 0 Å². The van der Waals surface area contributed by atoms with Crippen LogP contribution in [0.25, 0.3) is 0 Å². The van der Waals surface area contributed by atoms with E-state index in [0.717, 1.165) is 11.3 Å². The Morgan fingerprint density at radius 2 is 2.19 bits per heavy atom. The van der Waals surface area contributed by atoms with Crippen LogP contribution in [0, 0.1) is 0 Å². The average Bonchev–Trinajstić information content (AvgIpc) is 2.31. The van der Waals surface area contributed by atoms with Gasteiger partial charge in [0.15, 0.2) is 6.29 Å². The van der Waals surface area contributed by atoms with E-state index >= 15 is 0 Å². The van der Waals surface area contributed by atoms with Gasteiger partial charge in [-0.05, 0) is 12.1 Å². The number of carbonyl (C=O) groups is 1. The zero-order chi connectivity index (χ0) is 11.4. The second kappa shape index (κ2) is 5.09. The van der Waals surface area contributed by atoms with Crippen LogP contribution in [0.15, 0.2) is 46.7 Å². The Morgan fingerprint density at radius 3 is 2.88 bits per heavy atom. The summed E-state index contributed by atoms with van der Waals surface area (Å²) in [6.45, 7) is 0. The molecule has 2 heterocycles. The average molecular weight is 251 g/mol. The van der Waals surface area contributed by atoms with Gasteiger partial charge in [-0.15, -0.1) is 0 Å². The van der Waals surface area contributed by atoms with Gasteiger partial charge in [-0.1, -0.05) is 29.4 Å². The number of halogens is 1. The van der Waals surface area contributed by atoms with Gasteiger partial charge in [0.2, 0.25) is 0 Å². The van der Waals surface area contributed by atoms with Crippen LogP contribution in [-0.4, -0.2) is 16.3 Å². The summed E-state index contributed by atoms with van der Waals surface area (Å²) in [5.74, 6) is 0. The molecule has 3 nitrogen and oxygen atoms in total. The van der Waals surface area contributed by atoms with Crippen LogP contribution < -0.4 is 0 Å². The Kier molecular flexibility index (Phi) is 3.54. The molecule has 0 aromatic carbocycles. The fourth-order valence-corrected chi connectivity index (χ4v) is 2.27. The van der Waals surface area contributed by atoms with E-state index < -0.39 is 0 Å². The van der Waals surface area contributed by atoms with Crippen molar-refractivity contribution in [2.24, 2.45) is 0 Å². The molecule has 0 bridgehead atoms. The van der Waals surface area contributed by atoms with Crippen molar-refractivity contribution >= 4 is 29.6 Å². The van der Waals surface area contributed by atoms with E-state index in [9.17, 15) is 4.79 Å². The van der Waals surface area contributed by atoms with E-state index in [1.54, 1.807) is 12.4 Å². The summed E-state index contributed by atoms with van der Waals surface area (Å²) >= 11 is 7.23. The fourth-order valence-electron chi connectivity index (χ4n) is 1.14. The molecule has 0 atom stereocenters. The van der Waals surface area contributed by atoms with E-state index in [0.29, 0.717) is 15.5 Å². The van der Waals surface area contributed by atoms with E-state index in [4.69, 9.17) is 11.6 Å². The number of pyridine rings is 2. The van der Waals surface area contributed by atoms with Gasteiger partial charge < -0.3 is 0 Å². The quantitative estimate of drug-likeness (QED) is 0.785. The van der Waals surface area contributed by atoms with Crippen LogP contribution in [0.5, 0.6) is 0 Å². The Morgan fingerprint density at radius 1 is 1.31 bits per heavy atom. The molecule has 0 unspecified atom stereocenters. The highest BCUT2D eigenvalue weighted by atomic mass is 35.5. The Hall–Kier alpha value is -1.39.